The third-order valence-corrected chi connectivity index (χ3v) is 3.59. The largest absolute Gasteiger partial charge is 0.496 e. The number of hydrogen-bond donors (Lipinski definition) is 2. The van der Waals surface area contributed by atoms with Crippen molar-refractivity contribution in [2.75, 3.05) is 12.4 Å². The number of carbonyl (C=O) groups is 2. The van der Waals surface area contributed by atoms with Crippen molar-refractivity contribution in [3.8, 4) is 5.75 Å². The van der Waals surface area contributed by atoms with Gasteiger partial charge in [0.25, 0.3) is 5.91 Å². The fourth-order valence-electron chi connectivity index (χ4n) is 1.85. The molecule has 0 radical (unpaired) electrons. The molecule has 0 unspecified atom stereocenters. The molecule has 0 spiro atoms. The second kappa shape index (κ2) is 6.81. The Balaban J connectivity index is 2.38. The first kappa shape index (κ1) is 16.3. The van der Waals surface area contributed by atoms with Gasteiger partial charge in [-0.05, 0) is 36.4 Å². The first-order valence-corrected chi connectivity index (χ1v) is 7.27. The van der Waals surface area contributed by atoms with Crippen LogP contribution in [0.2, 0.25) is 5.02 Å². The van der Waals surface area contributed by atoms with Gasteiger partial charge in [0.1, 0.15) is 5.75 Å². The third kappa shape index (κ3) is 3.58. The zero-order valence-electron chi connectivity index (χ0n) is 11.4. The standard InChI is InChI=1S/C15H11BrClNO4/c1-22-13-5-3-9(17)7-11(13)14(19)18-12-4-2-8(16)6-10(12)15(20)21/h2-7H,1H3,(H,18,19)(H,20,21). The summed E-state index contributed by atoms with van der Waals surface area (Å²) in [5.41, 5.74) is 0.376. The number of carboxylic acids is 1. The summed E-state index contributed by atoms with van der Waals surface area (Å²) in [6.45, 7) is 0. The van der Waals surface area contributed by atoms with Gasteiger partial charge in [-0.2, -0.15) is 0 Å². The lowest BCUT2D eigenvalue weighted by atomic mass is 10.1. The van der Waals surface area contributed by atoms with E-state index in [9.17, 15) is 14.7 Å². The van der Waals surface area contributed by atoms with Crippen LogP contribution in [-0.2, 0) is 0 Å². The van der Waals surface area contributed by atoms with E-state index in [4.69, 9.17) is 16.3 Å². The molecule has 2 N–H and O–H groups in total. The number of benzene rings is 2. The van der Waals surface area contributed by atoms with Gasteiger partial charge < -0.3 is 15.2 Å². The number of halogens is 2. The van der Waals surface area contributed by atoms with Crippen LogP contribution >= 0.6 is 27.5 Å². The Kier molecular flexibility index (Phi) is 5.05. The van der Waals surface area contributed by atoms with E-state index in [1.54, 1.807) is 18.2 Å². The number of nitrogens with one attached hydrogen (secondary N) is 1. The maximum absolute atomic E-state index is 12.4. The Hall–Kier alpha value is -2.05. The Morgan fingerprint density at radius 3 is 2.55 bits per heavy atom. The van der Waals surface area contributed by atoms with Crippen LogP contribution in [-0.4, -0.2) is 24.1 Å². The van der Waals surface area contributed by atoms with Crippen molar-refractivity contribution >= 4 is 45.1 Å². The number of rotatable bonds is 4. The fourth-order valence-corrected chi connectivity index (χ4v) is 2.38. The average Bonchev–Trinajstić information content (AvgIpc) is 2.48. The van der Waals surface area contributed by atoms with E-state index in [1.807, 2.05) is 0 Å². The number of anilines is 1. The average molecular weight is 385 g/mol. The van der Waals surface area contributed by atoms with Crippen LogP contribution in [0.5, 0.6) is 5.75 Å². The molecular formula is C15H11BrClNO4. The Labute approximate surface area is 140 Å². The van der Waals surface area contributed by atoms with Gasteiger partial charge in [-0.1, -0.05) is 27.5 Å². The van der Waals surface area contributed by atoms with Gasteiger partial charge in [0.15, 0.2) is 0 Å². The van der Waals surface area contributed by atoms with E-state index in [2.05, 4.69) is 21.2 Å². The van der Waals surface area contributed by atoms with Gasteiger partial charge in [-0.3, -0.25) is 4.79 Å². The maximum Gasteiger partial charge on any atom is 0.337 e. The molecule has 0 fully saturated rings. The number of ether oxygens (including phenoxy) is 1. The van der Waals surface area contributed by atoms with Crippen molar-refractivity contribution < 1.29 is 19.4 Å². The molecular weight excluding hydrogens is 374 g/mol. The molecule has 22 heavy (non-hydrogen) atoms. The minimum absolute atomic E-state index is 0.0243. The van der Waals surface area contributed by atoms with Crippen molar-refractivity contribution in [2.24, 2.45) is 0 Å². The first-order chi connectivity index (χ1) is 10.4. The molecule has 0 aliphatic carbocycles. The number of methoxy groups -OCH3 is 1. The second-order valence-corrected chi connectivity index (χ2v) is 5.65. The molecule has 0 bridgehead atoms. The van der Waals surface area contributed by atoms with E-state index < -0.39 is 11.9 Å². The van der Waals surface area contributed by atoms with E-state index in [-0.39, 0.29) is 16.8 Å². The lowest BCUT2D eigenvalue weighted by Crippen LogP contribution is -2.15. The lowest BCUT2D eigenvalue weighted by Gasteiger charge is -2.11. The minimum Gasteiger partial charge on any atom is -0.496 e. The molecule has 2 aromatic carbocycles. The quantitative estimate of drug-likeness (QED) is 0.833. The SMILES string of the molecule is COc1ccc(Cl)cc1C(=O)Nc1ccc(Br)cc1C(=O)O. The van der Waals surface area contributed by atoms with Gasteiger partial charge in [-0.25, -0.2) is 4.79 Å². The van der Waals surface area contributed by atoms with E-state index >= 15 is 0 Å². The van der Waals surface area contributed by atoms with Crippen molar-refractivity contribution in [3.63, 3.8) is 0 Å². The fraction of sp³-hybridized carbons (Fsp3) is 0.0667. The zero-order chi connectivity index (χ0) is 16.3. The molecule has 2 rings (SSSR count). The van der Waals surface area contributed by atoms with Crippen molar-refractivity contribution in [3.05, 3.63) is 57.0 Å². The van der Waals surface area contributed by atoms with E-state index in [0.717, 1.165) is 0 Å². The van der Waals surface area contributed by atoms with Gasteiger partial charge in [0, 0.05) is 9.50 Å². The van der Waals surface area contributed by atoms with E-state index in [1.165, 1.54) is 25.3 Å². The molecule has 5 nitrogen and oxygen atoms in total. The number of carboxylic acid groups (broad SMARTS) is 1. The number of carbonyl (C=O) groups excluding carboxylic acids is 1. The van der Waals surface area contributed by atoms with Gasteiger partial charge in [-0.15, -0.1) is 0 Å². The van der Waals surface area contributed by atoms with Gasteiger partial charge in [0.05, 0.1) is 23.9 Å². The summed E-state index contributed by atoms with van der Waals surface area (Å²) in [6.07, 6.45) is 0. The molecule has 0 heterocycles. The highest BCUT2D eigenvalue weighted by atomic mass is 79.9. The molecule has 0 atom stereocenters. The van der Waals surface area contributed by atoms with Crippen molar-refractivity contribution in [1.29, 1.82) is 0 Å². The predicted octanol–water partition coefficient (Wildman–Crippen LogP) is 4.06. The van der Waals surface area contributed by atoms with Crippen LogP contribution in [0.3, 0.4) is 0 Å². The summed E-state index contributed by atoms with van der Waals surface area (Å²) in [7, 11) is 1.43. The van der Waals surface area contributed by atoms with Crippen LogP contribution in [0.25, 0.3) is 0 Å². The second-order valence-electron chi connectivity index (χ2n) is 4.29. The number of amides is 1. The molecule has 0 saturated heterocycles. The summed E-state index contributed by atoms with van der Waals surface area (Å²) >= 11 is 9.08. The summed E-state index contributed by atoms with van der Waals surface area (Å²) < 4.78 is 5.71. The van der Waals surface area contributed by atoms with Crippen LogP contribution in [0.15, 0.2) is 40.9 Å². The molecule has 2 aromatic rings. The molecule has 114 valence electrons. The Bertz CT molecular complexity index is 748. The molecule has 0 aliphatic rings. The van der Waals surface area contributed by atoms with Gasteiger partial charge in [0.2, 0.25) is 0 Å². The summed E-state index contributed by atoms with van der Waals surface area (Å²) in [4.78, 5) is 23.6. The Morgan fingerprint density at radius 1 is 1.18 bits per heavy atom. The number of hydrogen-bond acceptors (Lipinski definition) is 3. The topological polar surface area (TPSA) is 75.6 Å². The summed E-state index contributed by atoms with van der Waals surface area (Å²) in [6, 6.07) is 9.16. The minimum atomic E-state index is -1.14. The van der Waals surface area contributed by atoms with Crippen LogP contribution in [0.1, 0.15) is 20.7 Å². The normalized spacial score (nSPS) is 10.1. The summed E-state index contributed by atoms with van der Waals surface area (Å²) in [5, 5.41) is 12.1. The zero-order valence-corrected chi connectivity index (χ0v) is 13.7. The summed E-state index contributed by atoms with van der Waals surface area (Å²) in [5.74, 6) is -1.31. The molecule has 0 aromatic heterocycles. The van der Waals surface area contributed by atoms with E-state index in [0.29, 0.717) is 15.2 Å². The molecule has 0 aliphatic heterocycles. The smallest absolute Gasteiger partial charge is 0.337 e. The molecule has 0 saturated carbocycles. The molecule has 7 heteroatoms. The Morgan fingerprint density at radius 2 is 1.91 bits per heavy atom. The monoisotopic (exact) mass is 383 g/mol. The van der Waals surface area contributed by atoms with Crippen molar-refractivity contribution in [2.45, 2.75) is 0 Å². The van der Waals surface area contributed by atoms with Crippen LogP contribution in [0.4, 0.5) is 5.69 Å². The highest BCUT2D eigenvalue weighted by Crippen LogP contribution is 2.26. The molecule has 1 amide bonds. The number of aromatic carboxylic acids is 1. The van der Waals surface area contributed by atoms with Gasteiger partial charge >= 0.3 is 5.97 Å². The first-order valence-electron chi connectivity index (χ1n) is 6.10. The van der Waals surface area contributed by atoms with Crippen molar-refractivity contribution in [1.82, 2.24) is 0 Å². The lowest BCUT2D eigenvalue weighted by molar-refractivity contribution is 0.0698. The van der Waals surface area contributed by atoms with Crippen LogP contribution < -0.4 is 10.1 Å². The third-order valence-electron chi connectivity index (χ3n) is 2.87. The highest BCUT2D eigenvalue weighted by molar-refractivity contribution is 9.10. The van der Waals surface area contributed by atoms with Crippen LogP contribution in [0, 0.1) is 0 Å². The predicted molar refractivity (Wildman–Crippen MR) is 87.1 cm³/mol. The highest BCUT2D eigenvalue weighted by Gasteiger charge is 2.17. The maximum atomic E-state index is 12.4.